The van der Waals surface area contributed by atoms with E-state index in [9.17, 15) is 4.79 Å². The van der Waals surface area contributed by atoms with Crippen LogP contribution in [0.4, 0.5) is 4.79 Å². The molecule has 0 aliphatic carbocycles. The van der Waals surface area contributed by atoms with Gasteiger partial charge in [0.05, 0.1) is 5.69 Å². The Kier molecular flexibility index (Phi) is 5.95. The summed E-state index contributed by atoms with van der Waals surface area (Å²) in [5, 5.41) is 10.3. The summed E-state index contributed by atoms with van der Waals surface area (Å²) < 4.78 is 1.88. The van der Waals surface area contributed by atoms with Gasteiger partial charge in [-0.25, -0.2) is 4.79 Å². The van der Waals surface area contributed by atoms with Crippen LogP contribution in [0, 0.1) is 20.8 Å². The number of hydrogen-bond donors (Lipinski definition) is 2. The summed E-state index contributed by atoms with van der Waals surface area (Å²) in [5.41, 5.74) is 5.50. The lowest BCUT2D eigenvalue weighted by molar-refractivity contribution is 0.238. The number of nitrogens with one attached hydrogen (secondary N) is 2. The molecule has 24 heavy (non-hydrogen) atoms. The second kappa shape index (κ2) is 7.95. The number of carbonyl (C=O) groups excluding carboxylic acids is 1. The maximum Gasteiger partial charge on any atom is 0.315 e. The number of hydrogen-bond acceptors (Lipinski definition) is 3. The molecule has 2 aromatic heterocycles. The van der Waals surface area contributed by atoms with Gasteiger partial charge < -0.3 is 10.6 Å². The van der Waals surface area contributed by atoms with Gasteiger partial charge in [-0.15, -0.1) is 0 Å². The molecule has 0 radical (unpaired) electrons. The molecule has 1 atom stereocenters. The van der Waals surface area contributed by atoms with Crippen LogP contribution in [0.2, 0.25) is 0 Å². The molecule has 130 valence electrons. The van der Waals surface area contributed by atoms with Crippen molar-refractivity contribution in [1.82, 2.24) is 25.4 Å². The van der Waals surface area contributed by atoms with Crippen LogP contribution in [0.1, 0.15) is 35.1 Å². The Morgan fingerprint density at radius 1 is 1.29 bits per heavy atom. The third-order valence-electron chi connectivity index (χ3n) is 4.22. The van der Waals surface area contributed by atoms with Crippen LogP contribution in [-0.2, 0) is 19.9 Å². The highest BCUT2D eigenvalue weighted by atomic mass is 16.2. The summed E-state index contributed by atoms with van der Waals surface area (Å²) in [5.74, 6) is 0. The van der Waals surface area contributed by atoms with Gasteiger partial charge in [0, 0.05) is 37.2 Å². The number of amides is 2. The number of nitrogens with zero attached hydrogens (tertiary/aromatic N) is 3. The van der Waals surface area contributed by atoms with E-state index in [0.717, 1.165) is 35.5 Å². The lowest BCUT2D eigenvalue weighted by atomic mass is 10.1. The summed E-state index contributed by atoms with van der Waals surface area (Å²) in [4.78, 5) is 16.3. The summed E-state index contributed by atoms with van der Waals surface area (Å²) >= 11 is 0. The normalized spacial score (nSPS) is 12.0. The first-order valence-corrected chi connectivity index (χ1v) is 8.31. The highest BCUT2D eigenvalue weighted by Crippen LogP contribution is 2.14. The fraction of sp³-hybridized carbons (Fsp3) is 0.500. The maximum atomic E-state index is 12.0. The first-order chi connectivity index (χ1) is 11.4. The molecule has 0 spiro atoms. The number of carbonyl (C=O) groups is 1. The van der Waals surface area contributed by atoms with E-state index in [0.29, 0.717) is 6.54 Å². The highest BCUT2D eigenvalue weighted by molar-refractivity contribution is 5.74. The van der Waals surface area contributed by atoms with Gasteiger partial charge in [-0.2, -0.15) is 5.10 Å². The van der Waals surface area contributed by atoms with Gasteiger partial charge in [0.1, 0.15) is 0 Å². The predicted molar refractivity (Wildman–Crippen MR) is 95.1 cm³/mol. The van der Waals surface area contributed by atoms with Crippen LogP contribution < -0.4 is 10.6 Å². The van der Waals surface area contributed by atoms with Gasteiger partial charge in [0.25, 0.3) is 0 Å². The van der Waals surface area contributed by atoms with Crippen molar-refractivity contribution in [2.24, 2.45) is 7.05 Å². The number of pyridine rings is 1. The molecule has 0 saturated heterocycles. The van der Waals surface area contributed by atoms with Gasteiger partial charge >= 0.3 is 6.03 Å². The minimum Gasteiger partial charge on any atom is -0.338 e. The van der Waals surface area contributed by atoms with Gasteiger partial charge in [-0.3, -0.25) is 9.67 Å². The topological polar surface area (TPSA) is 71.8 Å². The van der Waals surface area contributed by atoms with E-state index >= 15 is 0 Å². The minimum absolute atomic E-state index is 0.0487. The molecule has 6 nitrogen and oxygen atoms in total. The summed E-state index contributed by atoms with van der Waals surface area (Å²) in [6.07, 6.45) is 3.40. The van der Waals surface area contributed by atoms with Gasteiger partial charge in [0.2, 0.25) is 0 Å². The van der Waals surface area contributed by atoms with Crippen molar-refractivity contribution in [3.05, 3.63) is 46.5 Å². The highest BCUT2D eigenvalue weighted by Gasteiger charge is 2.14. The van der Waals surface area contributed by atoms with Crippen molar-refractivity contribution in [2.45, 2.75) is 46.6 Å². The van der Waals surface area contributed by atoms with Crippen LogP contribution in [0.5, 0.6) is 0 Å². The SMILES string of the molecule is Cc1ccc(CCNC(=O)N[C@H](C)Cc2c(C)nn(C)c2C)cn1. The second-order valence-electron chi connectivity index (χ2n) is 6.34. The molecule has 6 heteroatoms. The van der Waals surface area contributed by atoms with E-state index in [4.69, 9.17) is 0 Å². The zero-order chi connectivity index (χ0) is 17.7. The lowest BCUT2D eigenvalue weighted by Crippen LogP contribution is -2.42. The molecule has 0 bridgehead atoms. The molecule has 2 heterocycles. The third-order valence-corrected chi connectivity index (χ3v) is 4.22. The van der Waals surface area contributed by atoms with Gasteiger partial charge in [-0.05, 0) is 57.7 Å². The molecule has 2 amide bonds. The van der Waals surface area contributed by atoms with Crippen molar-refractivity contribution < 1.29 is 4.79 Å². The Hall–Kier alpha value is -2.37. The second-order valence-corrected chi connectivity index (χ2v) is 6.34. The Bertz CT molecular complexity index is 690. The molecule has 2 N–H and O–H groups in total. The Morgan fingerprint density at radius 2 is 2.04 bits per heavy atom. The molecule has 0 aromatic carbocycles. The third kappa shape index (κ3) is 4.81. The smallest absolute Gasteiger partial charge is 0.315 e. The fourth-order valence-corrected chi connectivity index (χ4v) is 2.71. The van der Waals surface area contributed by atoms with E-state index in [1.54, 1.807) is 0 Å². The van der Waals surface area contributed by atoms with Crippen LogP contribution in [0.25, 0.3) is 0 Å². The van der Waals surface area contributed by atoms with Gasteiger partial charge in [-0.1, -0.05) is 6.07 Å². The van der Waals surface area contributed by atoms with E-state index in [-0.39, 0.29) is 12.1 Å². The van der Waals surface area contributed by atoms with Crippen molar-refractivity contribution in [3.8, 4) is 0 Å². The average molecular weight is 329 g/mol. The first kappa shape index (κ1) is 18.0. The molecule has 2 aromatic rings. The largest absolute Gasteiger partial charge is 0.338 e. The molecular weight excluding hydrogens is 302 g/mol. The molecule has 0 fully saturated rings. The molecule has 0 aliphatic rings. The van der Waals surface area contributed by atoms with E-state index in [1.165, 1.54) is 5.56 Å². The lowest BCUT2D eigenvalue weighted by Gasteiger charge is -2.15. The van der Waals surface area contributed by atoms with Crippen LogP contribution in [0.15, 0.2) is 18.3 Å². The minimum atomic E-state index is -0.137. The Morgan fingerprint density at radius 3 is 2.62 bits per heavy atom. The van der Waals surface area contributed by atoms with Crippen molar-refractivity contribution in [1.29, 1.82) is 0 Å². The van der Waals surface area contributed by atoms with E-state index < -0.39 is 0 Å². The maximum absolute atomic E-state index is 12.0. The standard InChI is InChI=1S/C18H27N5O/c1-12-6-7-16(11-20-12)8-9-19-18(24)21-13(2)10-17-14(3)22-23(5)15(17)4/h6-7,11,13H,8-10H2,1-5H3,(H2,19,21,24)/t13-/m1/s1. The average Bonchev–Trinajstić information content (AvgIpc) is 2.75. The quantitative estimate of drug-likeness (QED) is 0.853. The van der Waals surface area contributed by atoms with E-state index in [2.05, 4.69) is 27.6 Å². The van der Waals surface area contributed by atoms with Crippen LogP contribution in [0.3, 0.4) is 0 Å². The van der Waals surface area contributed by atoms with Crippen LogP contribution >= 0.6 is 0 Å². The van der Waals surface area contributed by atoms with Crippen molar-refractivity contribution >= 4 is 6.03 Å². The molecule has 0 saturated carbocycles. The summed E-state index contributed by atoms with van der Waals surface area (Å²) in [7, 11) is 1.94. The zero-order valence-electron chi connectivity index (χ0n) is 15.2. The molecule has 0 unspecified atom stereocenters. The fourth-order valence-electron chi connectivity index (χ4n) is 2.71. The number of aryl methyl sites for hydroxylation is 3. The Balaban J connectivity index is 1.76. The first-order valence-electron chi connectivity index (χ1n) is 8.31. The summed E-state index contributed by atoms with van der Waals surface area (Å²) in [6.45, 7) is 8.62. The summed E-state index contributed by atoms with van der Waals surface area (Å²) in [6, 6.07) is 3.93. The molecule has 2 rings (SSSR count). The van der Waals surface area contributed by atoms with Gasteiger partial charge in [0.15, 0.2) is 0 Å². The predicted octanol–water partition coefficient (Wildman–Crippen LogP) is 2.21. The molecule has 0 aliphatic heterocycles. The number of aromatic nitrogens is 3. The van der Waals surface area contributed by atoms with Crippen molar-refractivity contribution in [2.75, 3.05) is 6.54 Å². The van der Waals surface area contributed by atoms with Crippen LogP contribution in [-0.4, -0.2) is 33.4 Å². The number of urea groups is 1. The van der Waals surface area contributed by atoms with Crippen molar-refractivity contribution in [3.63, 3.8) is 0 Å². The zero-order valence-corrected chi connectivity index (χ0v) is 15.2. The molecular formula is C18H27N5O. The Labute approximate surface area is 143 Å². The number of rotatable bonds is 6. The van der Waals surface area contributed by atoms with E-state index in [1.807, 2.05) is 50.8 Å². The monoisotopic (exact) mass is 329 g/mol.